The average Bonchev–Trinajstić information content (AvgIpc) is 3.22. The second-order valence-corrected chi connectivity index (χ2v) is 9.82. The second-order valence-electron chi connectivity index (χ2n) is 7.04. The van der Waals surface area contributed by atoms with E-state index in [1.165, 1.54) is 4.31 Å². The highest BCUT2D eigenvalue weighted by Gasteiger charge is 2.33. The lowest BCUT2D eigenvalue weighted by Crippen LogP contribution is -2.43. The SMILES string of the molecule is O=C(Nc1nnc(-c2ccc(Cl)cc2Cl)o1)C1CCCN(S(=O)(=O)c2ccccc2)C1. The fourth-order valence-corrected chi connectivity index (χ4v) is 5.40. The van der Waals surface area contributed by atoms with Crippen LogP contribution in [0.5, 0.6) is 0 Å². The molecule has 4 rings (SSSR count). The molecule has 1 unspecified atom stereocenters. The molecule has 0 spiro atoms. The van der Waals surface area contributed by atoms with Crippen molar-refractivity contribution in [2.75, 3.05) is 18.4 Å². The number of sulfonamides is 1. The van der Waals surface area contributed by atoms with Gasteiger partial charge in [0.25, 0.3) is 5.89 Å². The summed E-state index contributed by atoms with van der Waals surface area (Å²) in [6.45, 7) is 0.438. The fraction of sp³-hybridized carbons (Fsp3) is 0.250. The molecule has 1 aliphatic rings. The van der Waals surface area contributed by atoms with Gasteiger partial charge in [0.1, 0.15) is 0 Å². The molecular weight excluding hydrogens is 463 g/mol. The number of carbonyl (C=O) groups is 1. The zero-order valence-electron chi connectivity index (χ0n) is 16.2. The summed E-state index contributed by atoms with van der Waals surface area (Å²) in [7, 11) is -3.67. The number of carbonyl (C=O) groups excluding carboxylic acids is 1. The molecule has 0 aliphatic carbocycles. The maximum atomic E-state index is 12.9. The Morgan fingerprint density at radius 1 is 1.13 bits per heavy atom. The van der Waals surface area contributed by atoms with Crippen molar-refractivity contribution in [1.29, 1.82) is 0 Å². The minimum Gasteiger partial charge on any atom is -0.403 e. The van der Waals surface area contributed by atoms with Crippen LogP contribution in [0.2, 0.25) is 10.0 Å². The van der Waals surface area contributed by atoms with Crippen LogP contribution >= 0.6 is 23.2 Å². The lowest BCUT2D eigenvalue weighted by molar-refractivity contribution is -0.121. The smallest absolute Gasteiger partial charge is 0.322 e. The Morgan fingerprint density at radius 3 is 2.65 bits per heavy atom. The Balaban J connectivity index is 1.45. The van der Waals surface area contributed by atoms with Crippen molar-refractivity contribution in [2.24, 2.45) is 5.92 Å². The van der Waals surface area contributed by atoms with Crippen molar-refractivity contribution in [3.8, 4) is 11.5 Å². The van der Waals surface area contributed by atoms with Gasteiger partial charge < -0.3 is 4.42 Å². The Labute approximate surface area is 189 Å². The molecule has 1 aliphatic heterocycles. The van der Waals surface area contributed by atoms with Crippen molar-refractivity contribution >= 4 is 45.1 Å². The Hall–Kier alpha value is -2.46. The van der Waals surface area contributed by atoms with E-state index in [9.17, 15) is 13.2 Å². The van der Waals surface area contributed by atoms with Crippen LogP contribution in [0.15, 0.2) is 57.8 Å². The van der Waals surface area contributed by atoms with Crippen molar-refractivity contribution in [3.05, 3.63) is 58.6 Å². The number of nitrogens with one attached hydrogen (secondary N) is 1. The molecule has 1 fully saturated rings. The summed E-state index contributed by atoms with van der Waals surface area (Å²) >= 11 is 12.0. The molecule has 1 saturated heterocycles. The normalized spacial score (nSPS) is 17.4. The minimum atomic E-state index is -3.67. The van der Waals surface area contributed by atoms with Gasteiger partial charge in [0.2, 0.25) is 15.9 Å². The van der Waals surface area contributed by atoms with Crippen molar-refractivity contribution in [1.82, 2.24) is 14.5 Å². The number of hydrogen-bond acceptors (Lipinski definition) is 6. The molecule has 1 amide bonds. The zero-order valence-corrected chi connectivity index (χ0v) is 18.5. The highest BCUT2D eigenvalue weighted by Crippen LogP contribution is 2.30. The first-order chi connectivity index (χ1) is 14.8. The molecule has 0 radical (unpaired) electrons. The van der Waals surface area contributed by atoms with E-state index in [-0.39, 0.29) is 29.3 Å². The van der Waals surface area contributed by atoms with Gasteiger partial charge in [-0.2, -0.15) is 4.31 Å². The van der Waals surface area contributed by atoms with Crippen molar-refractivity contribution < 1.29 is 17.6 Å². The molecule has 0 saturated carbocycles. The number of anilines is 1. The summed E-state index contributed by atoms with van der Waals surface area (Å²) in [6, 6.07) is 12.9. The topological polar surface area (TPSA) is 105 Å². The Bertz CT molecular complexity index is 1200. The first-order valence-electron chi connectivity index (χ1n) is 9.49. The van der Waals surface area contributed by atoms with Gasteiger partial charge in [-0.1, -0.05) is 46.5 Å². The highest BCUT2D eigenvalue weighted by atomic mass is 35.5. The van der Waals surface area contributed by atoms with E-state index < -0.39 is 15.9 Å². The van der Waals surface area contributed by atoms with Crippen LogP contribution in [-0.2, 0) is 14.8 Å². The van der Waals surface area contributed by atoms with Crippen molar-refractivity contribution in [2.45, 2.75) is 17.7 Å². The molecule has 0 bridgehead atoms. The van der Waals surface area contributed by atoms with E-state index >= 15 is 0 Å². The van der Waals surface area contributed by atoms with Crippen LogP contribution in [0, 0.1) is 5.92 Å². The van der Waals surface area contributed by atoms with E-state index in [0.717, 1.165) is 0 Å². The van der Waals surface area contributed by atoms with E-state index in [1.54, 1.807) is 48.5 Å². The number of amides is 1. The standard InChI is InChI=1S/C20H18Cl2N4O4S/c21-14-8-9-16(17(22)11-14)19-24-25-20(30-19)23-18(27)13-5-4-10-26(12-13)31(28,29)15-6-2-1-3-7-15/h1-3,6-9,11,13H,4-5,10,12H2,(H,23,25,27). The van der Waals surface area contributed by atoms with Crippen LogP contribution < -0.4 is 5.32 Å². The van der Waals surface area contributed by atoms with Crippen LogP contribution in [0.25, 0.3) is 11.5 Å². The van der Waals surface area contributed by atoms with Crippen molar-refractivity contribution in [3.63, 3.8) is 0 Å². The Kier molecular flexibility index (Phi) is 6.29. The van der Waals surface area contributed by atoms with Gasteiger partial charge in [0.05, 0.1) is 21.4 Å². The minimum absolute atomic E-state index is 0.0765. The molecule has 8 nitrogen and oxygen atoms in total. The van der Waals surface area contributed by atoms with E-state index in [1.807, 2.05) is 0 Å². The lowest BCUT2D eigenvalue weighted by atomic mass is 9.99. The first kappa shape index (κ1) is 21.8. The third-order valence-corrected chi connectivity index (χ3v) is 7.38. The van der Waals surface area contributed by atoms with Crippen LogP contribution in [-0.4, -0.2) is 41.9 Å². The molecule has 2 aromatic carbocycles. The van der Waals surface area contributed by atoms with Gasteiger partial charge >= 0.3 is 6.01 Å². The largest absolute Gasteiger partial charge is 0.403 e. The third kappa shape index (κ3) is 4.74. The zero-order chi connectivity index (χ0) is 22.0. The number of benzene rings is 2. The number of halogens is 2. The molecule has 1 aromatic heterocycles. The number of piperidine rings is 1. The number of aromatic nitrogens is 2. The lowest BCUT2D eigenvalue weighted by Gasteiger charge is -2.30. The monoisotopic (exact) mass is 480 g/mol. The van der Waals surface area contributed by atoms with Gasteiger partial charge in [0, 0.05) is 18.1 Å². The average molecular weight is 481 g/mol. The Morgan fingerprint density at radius 2 is 1.90 bits per heavy atom. The first-order valence-corrected chi connectivity index (χ1v) is 11.7. The molecule has 31 heavy (non-hydrogen) atoms. The summed E-state index contributed by atoms with van der Waals surface area (Å²) < 4.78 is 32.6. The maximum absolute atomic E-state index is 12.9. The number of rotatable bonds is 5. The van der Waals surface area contributed by atoms with E-state index in [4.69, 9.17) is 27.6 Å². The van der Waals surface area contributed by atoms with Crippen LogP contribution in [0.3, 0.4) is 0 Å². The quantitative estimate of drug-likeness (QED) is 0.589. The molecule has 11 heteroatoms. The summed E-state index contributed by atoms with van der Waals surface area (Å²) in [5, 5.41) is 11.1. The van der Waals surface area contributed by atoms with Crippen LogP contribution in [0.4, 0.5) is 6.01 Å². The predicted octanol–water partition coefficient (Wildman–Crippen LogP) is 4.08. The van der Waals surface area contributed by atoms with Gasteiger partial charge in [-0.3, -0.25) is 10.1 Å². The van der Waals surface area contributed by atoms with Gasteiger partial charge in [0.15, 0.2) is 0 Å². The number of hydrogen-bond donors (Lipinski definition) is 1. The molecular formula is C20H18Cl2N4O4S. The van der Waals surface area contributed by atoms with E-state index in [2.05, 4.69) is 15.5 Å². The summed E-state index contributed by atoms with van der Waals surface area (Å²) in [5.41, 5.74) is 0.483. The highest BCUT2D eigenvalue weighted by molar-refractivity contribution is 7.89. The molecule has 3 aromatic rings. The summed E-state index contributed by atoms with van der Waals surface area (Å²) in [4.78, 5) is 12.9. The van der Waals surface area contributed by atoms with Crippen LogP contribution in [0.1, 0.15) is 12.8 Å². The van der Waals surface area contributed by atoms with Gasteiger partial charge in [-0.05, 0) is 43.2 Å². The van der Waals surface area contributed by atoms with Gasteiger partial charge in [-0.25, -0.2) is 8.42 Å². The second kappa shape index (κ2) is 8.96. The summed E-state index contributed by atoms with van der Waals surface area (Å²) in [6.07, 6.45) is 1.12. The molecule has 2 heterocycles. The molecule has 162 valence electrons. The third-order valence-electron chi connectivity index (χ3n) is 4.95. The van der Waals surface area contributed by atoms with E-state index in [0.29, 0.717) is 35.0 Å². The number of nitrogens with zero attached hydrogens (tertiary/aromatic N) is 3. The predicted molar refractivity (Wildman–Crippen MR) is 116 cm³/mol. The van der Waals surface area contributed by atoms with Gasteiger partial charge in [-0.15, -0.1) is 5.10 Å². The maximum Gasteiger partial charge on any atom is 0.322 e. The molecule has 1 atom stereocenters. The summed E-state index contributed by atoms with van der Waals surface area (Å²) in [5.74, 6) is -0.791. The fourth-order valence-electron chi connectivity index (χ4n) is 3.37. The molecule has 1 N–H and O–H groups in total.